The van der Waals surface area contributed by atoms with Crippen molar-refractivity contribution >= 4 is 18.0 Å². The number of carbonyl (C=O) groups is 3. The van der Waals surface area contributed by atoms with E-state index in [2.05, 4.69) is 5.32 Å². The van der Waals surface area contributed by atoms with Crippen molar-refractivity contribution in [3.8, 4) is 11.1 Å². The zero-order chi connectivity index (χ0) is 25.6. The molecule has 2 atom stereocenters. The smallest absolute Gasteiger partial charge is 0.408 e. The van der Waals surface area contributed by atoms with Crippen LogP contribution in [0.15, 0.2) is 48.5 Å². The van der Waals surface area contributed by atoms with Crippen LogP contribution in [0.25, 0.3) is 11.1 Å². The summed E-state index contributed by atoms with van der Waals surface area (Å²) in [5, 5.41) is 13.0. The quantitative estimate of drug-likeness (QED) is 0.454. The fraction of sp³-hybridized carbons (Fsp3) is 0.400. The molecule has 0 saturated carbocycles. The van der Waals surface area contributed by atoms with Crippen LogP contribution in [0.4, 0.5) is 18.0 Å². The third kappa shape index (κ3) is 6.97. The second-order valence-corrected chi connectivity index (χ2v) is 8.61. The molecule has 188 valence electrons. The largest absolute Gasteiger partial charge is 0.481 e. The van der Waals surface area contributed by atoms with Gasteiger partial charge < -0.3 is 20.5 Å². The Labute approximate surface area is 200 Å². The van der Waals surface area contributed by atoms with Crippen molar-refractivity contribution in [2.24, 2.45) is 5.92 Å². The van der Waals surface area contributed by atoms with Crippen LogP contribution < -0.4 is 10.6 Å². The lowest BCUT2D eigenvalue weighted by molar-refractivity contribution is -0.164. The molecule has 0 spiro atoms. The molecule has 1 unspecified atom stereocenters. The molecule has 35 heavy (non-hydrogen) atoms. The van der Waals surface area contributed by atoms with Gasteiger partial charge in [0.05, 0.1) is 0 Å². The summed E-state index contributed by atoms with van der Waals surface area (Å²) in [5.74, 6) is -2.83. The average molecular weight is 492 g/mol. The van der Waals surface area contributed by atoms with Crippen molar-refractivity contribution in [2.45, 2.75) is 44.3 Å². The van der Waals surface area contributed by atoms with Crippen LogP contribution in [0.5, 0.6) is 0 Å². The molecule has 1 aliphatic carbocycles. The second kappa shape index (κ2) is 11.2. The first-order chi connectivity index (χ1) is 16.6. The Balaban J connectivity index is 1.46. The van der Waals surface area contributed by atoms with E-state index in [0.717, 1.165) is 22.3 Å². The van der Waals surface area contributed by atoms with Gasteiger partial charge in [0.25, 0.3) is 0 Å². The zero-order valence-electron chi connectivity index (χ0n) is 19.1. The monoisotopic (exact) mass is 492 g/mol. The number of amides is 2. The molecule has 10 heteroatoms. The van der Waals surface area contributed by atoms with Crippen molar-refractivity contribution in [3.05, 3.63) is 59.7 Å². The van der Waals surface area contributed by atoms with Gasteiger partial charge in [-0.1, -0.05) is 55.5 Å². The molecule has 2 aromatic carbocycles. The Kier molecular flexibility index (Phi) is 8.37. The highest BCUT2D eigenvalue weighted by Crippen LogP contribution is 2.44. The number of nitrogens with one attached hydrogen (secondary N) is 2. The highest BCUT2D eigenvalue weighted by atomic mass is 19.4. The van der Waals surface area contributed by atoms with Gasteiger partial charge in [-0.3, -0.25) is 9.59 Å². The molecule has 0 bridgehead atoms. The Morgan fingerprint density at radius 2 is 1.60 bits per heavy atom. The minimum atomic E-state index is -4.76. The lowest BCUT2D eigenvalue weighted by atomic mass is 9.98. The van der Waals surface area contributed by atoms with Crippen LogP contribution in [-0.2, 0) is 14.3 Å². The van der Waals surface area contributed by atoms with Crippen LogP contribution in [0.1, 0.15) is 43.2 Å². The first-order valence-electron chi connectivity index (χ1n) is 11.2. The Hall–Kier alpha value is -3.56. The van der Waals surface area contributed by atoms with Crippen molar-refractivity contribution in [1.82, 2.24) is 10.6 Å². The lowest BCUT2D eigenvalue weighted by Crippen LogP contribution is -2.46. The average Bonchev–Trinajstić information content (AvgIpc) is 3.12. The van der Waals surface area contributed by atoms with Crippen LogP contribution in [0.2, 0.25) is 0 Å². The maximum Gasteiger partial charge on any atom is 0.408 e. The fourth-order valence-corrected chi connectivity index (χ4v) is 4.13. The summed E-state index contributed by atoms with van der Waals surface area (Å²) in [4.78, 5) is 34.8. The highest BCUT2D eigenvalue weighted by molar-refractivity contribution is 5.79. The van der Waals surface area contributed by atoms with Gasteiger partial charge in [0.1, 0.15) is 12.6 Å². The van der Waals surface area contributed by atoms with Gasteiger partial charge >= 0.3 is 18.2 Å². The molecule has 0 aliphatic heterocycles. The van der Waals surface area contributed by atoms with Crippen molar-refractivity contribution in [1.29, 1.82) is 0 Å². The summed E-state index contributed by atoms with van der Waals surface area (Å²) in [6.45, 7) is 1.74. The van der Waals surface area contributed by atoms with Crippen molar-refractivity contribution in [3.63, 3.8) is 0 Å². The van der Waals surface area contributed by atoms with Crippen LogP contribution in [-0.4, -0.2) is 48.4 Å². The molecule has 7 nitrogen and oxygen atoms in total. The molecule has 1 aliphatic rings. The number of halogens is 3. The zero-order valence-corrected chi connectivity index (χ0v) is 19.1. The van der Waals surface area contributed by atoms with E-state index >= 15 is 0 Å². The molecular formula is C25H27F3N2O5. The van der Waals surface area contributed by atoms with E-state index in [9.17, 15) is 27.6 Å². The summed E-state index contributed by atoms with van der Waals surface area (Å²) >= 11 is 0. The lowest BCUT2D eigenvalue weighted by Gasteiger charge is -2.22. The first kappa shape index (κ1) is 26.1. The van der Waals surface area contributed by atoms with Crippen molar-refractivity contribution in [2.75, 3.05) is 13.2 Å². The Bertz CT molecular complexity index is 1030. The van der Waals surface area contributed by atoms with Gasteiger partial charge in [-0.25, -0.2) is 4.79 Å². The van der Waals surface area contributed by atoms with E-state index in [1.165, 1.54) is 0 Å². The summed E-state index contributed by atoms with van der Waals surface area (Å²) in [6, 6.07) is 13.5. The third-order valence-corrected chi connectivity index (χ3v) is 5.85. The van der Waals surface area contributed by atoms with E-state index in [0.29, 0.717) is 0 Å². The normalized spacial score (nSPS) is 14.4. The molecule has 2 amide bonds. The SMILES string of the molecule is CC(CNC(=O)OCC1c2ccccc2-c2ccccc21)CC(=O)N[C@@H](CCC(=O)O)C(F)(F)F. The standard InChI is InChI=1S/C25H27F3N2O5/c1-15(12-22(31)30-21(25(26,27)28)10-11-23(32)33)13-29-24(34)35-14-20-18-8-4-2-6-16(18)17-7-3-5-9-19(17)20/h2-9,15,20-21H,10-14H2,1H3,(H,29,34)(H,30,31)(H,32,33)/t15?,21-/m0/s1. The highest BCUT2D eigenvalue weighted by Gasteiger charge is 2.40. The van der Waals surface area contributed by atoms with E-state index in [4.69, 9.17) is 9.84 Å². The van der Waals surface area contributed by atoms with Gasteiger partial charge in [-0.05, 0) is 34.6 Å². The maximum atomic E-state index is 13.0. The number of carboxylic acid groups (broad SMARTS) is 1. The number of aliphatic carboxylic acids is 1. The summed E-state index contributed by atoms with van der Waals surface area (Å²) in [6.07, 6.45) is -7.19. The van der Waals surface area contributed by atoms with E-state index in [-0.39, 0.29) is 25.5 Å². The number of ether oxygens (including phenoxy) is 1. The molecule has 0 heterocycles. The Morgan fingerprint density at radius 3 is 2.14 bits per heavy atom. The maximum absolute atomic E-state index is 13.0. The minimum Gasteiger partial charge on any atom is -0.481 e. The number of benzene rings is 2. The minimum absolute atomic E-state index is 0.0237. The van der Waals surface area contributed by atoms with Crippen LogP contribution in [0, 0.1) is 5.92 Å². The van der Waals surface area contributed by atoms with Gasteiger partial charge in [-0.2, -0.15) is 13.2 Å². The summed E-state index contributed by atoms with van der Waals surface area (Å²) < 4.78 is 44.5. The number of alkyl carbamates (subject to hydrolysis) is 1. The fourth-order valence-electron chi connectivity index (χ4n) is 4.13. The molecule has 3 N–H and O–H groups in total. The topological polar surface area (TPSA) is 105 Å². The van der Waals surface area contributed by atoms with E-state index in [1.807, 2.05) is 53.8 Å². The number of carbonyl (C=O) groups excluding carboxylic acids is 2. The number of alkyl halides is 3. The van der Waals surface area contributed by atoms with Gasteiger partial charge in [0.15, 0.2) is 0 Å². The molecular weight excluding hydrogens is 465 g/mol. The molecule has 0 fully saturated rings. The first-order valence-corrected chi connectivity index (χ1v) is 11.2. The van der Waals surface area contributed by atoms with E-state index in [1.54, 1.807) is 6.92 Å². The number of carboxylic acids is 1. The molecule has 2 aromatic rings. The van der Waals surface area contributed by atoms with E-state index < -0.39 is 48.9 Å². The summed E-state index contributed by atoms with van der Waals surface area (Å²) in [5.41, 5.74) is 4.32. The molecule has 0 saturated heterocycles. The number of fused-ring (bicyclic) bond motifs is 3. The summed E-state index contributed by atoms with van der Waals surface area (Å²) in [7, 11) is 0. The van der Waals surface area contributed by atoms with Crippen LogP contribution in [0.3, 0.4) is 0 Å². The van der Waals surface area contributed by atoms with Crippen LogP contribution >= 0.6 is 0 Å². The molecule has 0 radical (unpaired) electrons. The second-order valence-electron chi connectivity index (χ2n) is 8.61. The van der Waals surface area contributed by atoms with Gasteiger partial charge in [0.2, 0.25) is 5.91 Å². The molecule has 3 rings (SSSR count). The van der Waals surface area contributed by atoms with Crippen molar-refractivity contribution < 1.29 is 37.4 Å². The van der Waals surface area contributed by atoms with Gasteiger partial charge in [0, 0.05) is 25.3 Å². The predicted octanol–water partition coefficient (Wildman–Crippen LogP) is 4.46. The molecule has 0 aromatic heterocycles. The van der Waals surface area contributed by atoms with Gasteiger partial charge in [-0.15, -0.1) is 0 Å². The predicted molar refractivity (Wildman–Crippen MR) is 122 cm³/mol. The Morgan fingerprint density at radius 1 is 1.03 bits per heavy atom. The number of hydrogen-bond donors (Lipinski definition) is 3. The third-order valence-electron chi connectivity index (χ3n) is 5.85. The number of rotatable bonds is 10. The number of hydrogen-bond acceptors (Lipinski definition) is 4.